The van der Waals surface area contributed by atoms with Crippen LogP contribution in [0.25, 0.3) is 16.9 Å². The number of amides is 1. The lowest BCUT2D eigenvalue weighted by atomic mass is 10.1. The molecule has 0 aliphatic heterocycles. The Morgan fingerprint density at radius 3 is 2.35 bits per heavy atom. The first-order valence-corrected chi connectivity index (χ1v) is 15.2. The molecule has 0 aliphatic rings. The number of carbonyl (C=O) groups is 1. The lowest BCUT2D eigenvalue weighted by Gasteiger charge is -2.29. The summed E-state index contributed by atoms with van der Waals surface area (Å²) in [6.45, 7) is 2.88. The molecule has 1 unspecified atom stereocenters. The van der Waals surface area contributed by atoms with Crippen molar-refractivity contribution in [3.63, 3.8) is 0 Å². The fourth-order valence-electron chi connectivity index (χ4n) is 4.57. The molecule has 3 aromatic carbocycles. The molecule has 1 atom stereocenters. The molecule has 0 bridgehead atoms. The van der Waals surface area contributed by atoms with Crippen LogP contribution in [0.3, 0.4) is 0 Å². The number of sulfone groups is 1. The Morgan fingerprint density at radius 1 is 1.07 bits per heavy atom. The quantitative estimate of drug-likeness (QED) is 0.201. The van der Waals surface area contributed by atoms with Gasteiger partial charge in [-0.25, -0.2) is 17.8 Å². The number of nitriles is 1. The maximum Gasteiger partial charge on any atom is 0.419 e. The summed E-state index contributed by atoms with van der Waals surface area (Å²) in [4.78, 5) is 19.7. The lowest BCUT2D eigenvalue weighted by Crippen LogP contribution is -2.39. The van der Waals surface area contributed by atoms with E-state index in [4.69, 9.17) is 4.98 Å². The average Bonchev–Trinajstić information content (AvgIpc) is 3.44. The van der Waals surface area contributed by atoms with Crippen LogP contribution >= 0.6 is 0 Å². The molecule has 0 saturated heterocycles. The zero-order valence-corrected chi connectivity index (χ0v) is 24.2. The number of hydrogen-bond donors (Lipinski definition) is 0. The summed E-state index contributed by atoms with van der Waals surface area (Å²) in [6.07, 6.45) is -3.72. The molecular formula is C31H28F4N4O3S. The van der Waals surface area contributed by atoms with Crippen LogP contribution in [-0.2, 0) is 27.2 Å². The first-order valence-electron chi connectivity index (χ1n) is 13.3. The van der Waals surface area contributed by atoms with E-state index in [0.717, 1.165) is 11.6 Å². The van der Waals surface area contributed by atoms with Gasteiger partial charge < -0.3 is 9.47 Å². The van der Waals surface area contributed by atoms with Crippen molar-refractivity contribution in [2.75, 3.05) is 18.1 Å². The van der Waals surface area contributed by atoms with Gasteiger partial charge in [0.05, 0.1) is 41.1 Å². The Morgan fingerprint density at radius 2 is 1.74 bits per heavy atom. The molecular weight excluding hydrogens is 584 g/mol. The number of hydrogen-bond acceptors (Lipinski definition) is 5. The highest BCUT2D eigenvalue weighted by Gasteiger charge is 2.35. The van der Waals surface area contributed by atoms with E-state index in [0.29, 0.717) is 34.9 Å². The summed E-state index contributed by atoms with van der Waals surface area (Å²) in [5.41, 5.74) is 0.831. The molecule has 0 saturated carbocycles. The van der Waals surface area contributed by atoms with Crippen molar-refractivity contribution in [3.05, 3.63) is 107 Å². The molecule has 0 radical (unpaired) electrons. The molecule has 4 aromatic rings. The summed E-state index contributed by atoms with van der Waals surface area (Å²) in [5, 5.41) is 9.23. The zero-order chi connectivity index (χ0) is 31.4. The fourth-order valence-corrected chi connectivity index (χ4v) is 5.34. The van der Waals surface area contributed by atoms with Gasteiger partial charge in [0.15, 0.2) is 9.84 Å². The minimum atomic E-state index is -4.95. The first-order chi connectivity index (χ1) is 20.3. The molecule has 0 N–H and O–H groups in total. The predicted octanol–water partition coefficient (Wildman–Crippen LogP) is 6.14. The van der Waals surface area contributed by atoms with Gasteiger partial charge in [-0.1, -0.05) is 43.3 Å². The molecule has 12 heteroatoms. The number of rotatable bonds is 10. The van der Waals surface area contributed by atoms with E-state index < -0.39 is 45.8 Å². The average molecular weight is 613 g/mol. The number of nitrogens with zero attached hydrogens (tertiary/aromatic N) is 4. The van der Waals surface area contributed by atoms with E-state index in [-0.39, 0.29) is 23.6 Å². The van der Waals surface area contributed by atoms with Crippen LogP contribution in [0.1, 0.15) is 42.4 Å². The van der Waals surface area contributed by atoms with E-state index in [1.807, 2.05) is 30.3 Å². The van der Waals surface area contributed by atoms with E-state index in [9.17, 15) is 36.0 Å². The van der Waals surface area contributed by atoms with E-state index in [1.165, 1.54) is 11.8 Å². The minimum absolute atomic E-state index is 0.0744. The van der Waals surface area contributed by atoms with Crippen molar-refractivity contribution in [2.24, 2.45) is 0 Å². The lowest BCUT2D eigenvalue weighted by molar-refractivity contribution is -0.140. The van der Waals surface area contributed by atoms with Gasteiger partial charge in [0, 0.05) is 29.7 Å². The molecule has 43 heavy (non-hydrogen) atoms. The van der Waals surface area contributed by atoms with Crippen LogP contribution in [0.4, 0.5) is 17.6 Å². The van der Waals surface area contributed by atoms with Crippen LogP contribution in [0.2, 0.25) is 0 Å². The van der Waals surface area contributed by atoms with E-state index >= 15 is 0 Å². The molecule has 1 aromatic heterocycles. The van der Waals surface area contributed by atoms with Crippen molar-refractivity contribution in [3.8, 4) is 23.0 Å². The number of imidazole rings is 1. The van der Waals surface area contributed by atoms with Gasteiger partial charge in [-0.2, -0.15) is 18.4 Å². The van der Waals surface area contributed by atoms with Crippen LogP contribution in [0.5, 0.6) is 0 Å². The Labute approximate surface area is 246 Å². The van der Waals surface area contributed by atoms with Gasteiger partial charge >= 0.3 is 6.18 Å². The van der Waals surface area contributed by atoms with Crippen molar-refractivity contribution < 1.29 is 30.8 Å². The normalized spacial score (nSPS) is 12.5. The van der Waals surface area contributed by atoms with Crippen molar-refractivity contribution in [1.82, 2.24) is 14.5 Å². The molecule has 1 heterocycles. The highest BCUT2D eigenvalue weighted by atomic mass is 32.2. The minimum Gasteiger partial charge on any atom is -0.331 e. The predicted molar refractivity (Wildman–Crippen MR) is 153 cm³/mol. The second-order valence-corrected chi connectivity index (χ2v) is 12.3. The maximum absolute atomic E-state index is 13.9. The second-order valence-electron chi connectivity index (χ2n) is 9.87. The molecule has 4 rings (SSSR count). The molecule has 0 fully saturated rings. The highest BCUT2D eigenvalue weighted by Crippen LogP contribution is 2.33. The van der Waals surface area contributed by atoms with Gasteiger partial charge in [0.1, 0.15) is 11.6 Å². The van der Waals surface area contributed by atoms with Crippen LogP contribution in [-0.4, -0.2) is 46.8 Å². The van der Waals surface area contributed by atoms with Gasteiger partial charge in [0.25, 0.3) is 0 Å². The second kappa shape index (κ2) is 12.8. The third-order valence-electron chi connectivity index (χ3n) is 7.01. The first kappa shape index (κ1) is 31.4. The van der Waals surface area contributed by atoms with Crippen molar-refractivity contribution in [1.29, 1.82) is 5.26 Å². The number of carbonyl (C=O) groups excluding carboxylic acids is 1. The van der Waals surface area contributed by atoms with Crippen molar-refractivity contribution in [2.45, 2.75) is 32.5 Å². The zero-order valence-electron chi connectivity index (χ0n) is 23.3. The smallest absolute Gasteiger partial charge is 0.331 e. The van der Waals surface area contributed by atoms with Gasteiger partial charge in [-0.3, -0.25) is 4.79 Å². The summed E-state index contributed by atoms with van der Waals surface area (Å²) >= 11 is 0. The fraction of sp³-hybridized carbons (Fsp3) is 0.258. The van der Waals surface area contributed by atoms with Gasteiger partial charge in [0.2, 0.25) is 5.91 Å². The van der Waals surface area contributed by atoms with Crippen LogP contribution in [0, 0.1) is 17.1 Å². The van der Waals surface area contributed by atoms with Crippen LogP contribution in [0.15, 0.2) is 79.0 Å². The maximum atomic E-state index is 13.9. The summed E-state index contributed by atoms with van der Waals surface area (Å²) in [6, 6.07) is 19.4. The highest BCUT2D eigenvalue weighted by molar-refractivity contribution is 7.91. The standard InChI is InChI=1S/C31H28F4N4O3S/c1-3-43(41,42)16-15-38(29(40)18-23-11-14-27(32)26(17-23)31(33,34)35)21(2)30-37-28(24-7-5-4-6-8-24)20-39(30)25-12-9-22(19-36)10-13-25/h4-14,17,20-21H,3,15-16,18H2,1-2H3. The SMILES string of the molecule is CCS(=O)(=O)CCN(C(=O)Cc1ccc(F)c(C(F)(F)F)c1)C(C)c1nc(-c2ccccc2)cn1-c1ccc(C#N)cc1. The summed E-state index contributed by atoms with van der Waals surface area (Å²) in [7, 11) is -3.53. The third kappa shape index (κ3) is 7.48. The monoisotopic (exact) mass is 612 g/mol. The topological polar surface area (TPSA) is 96.1 Å². The molecule has 1 amide bonds. The van der Waals surface area contributed by atoms with Crippen molar-refractivity contribution >= 4 is 15.7 Å². The largest absolute Gasteiger partial charge is 0.419 e. The van der Waals surface area contributed by atoms with E-state index in [1.54, 1.807) is 42.0 Å². The summed E-state index contributed by atoms with van der Waals surface area (Å²) < 4.78 is 80.4. The van der Waals surface area contributed by atoms with Crippen LogP contribution < -0.4 is 0 Å². The number of halogens is 4. The summed E-state index contributed by atoms with van der Waals surface area (Å²) in [5.74, 6) is -2.29. The number of aromatic nitrogens is 2. The molecule has 0 spiro atoms. The number of benzene rings is 3. The Balaban J connectivity index is 1.77. The molecule has 7 nitrogen and oxygen atoms in total. The molecule has 224 valence electrons. The van der Waals surface area contributed by atoms with Gasteiger partial charge in [-0.15, -0.1) is 0 Å². The number of alkyl halides is 3. The Kier molecular flexibility index (Phi) is 9.35. The molecule has 0 aliphatic carbocycles. The Bertz CT molecular complexity index is 1750. The third-order valence-corrected chi connectivity index (χ3v) is 8.70. The Hall–Kier alpha value is -4.50. The van der Waals surface area contributed by atoms with Gasteiger partial charge in [-0.05, 0) is 48.9 Å². The van der Waals surface area contributed by atoms with E-state index in [2.05, 4.69) is 6.07 Å².